The number of aliphatic hydroxyl groups is 1. The molecule has 0 saturated heterocycles. The number of aliphatic hydroxyl groups excluding tert-OH is 1. The number of benzene rings is 2. The maximum absolute atomic E-state index is 13.2. The van der Waals surface area contributed by atoms with Gasteiger partial charge in [-0.1, -0.05) is 12.1 Å². The van der Waals surface area contributed by atoms with Gasteiger partial charge in [0.15, 0.2) is 11.6 Å². The van der Waals surface area contributed by atoms with Crippen LogP contribution in [0.5, 0.6) is 5.75 Å². The fourth-order valence-corrected chi connectivity index (χ4v) is 1.74. The molecule has 2 rings (SSSR count). The van der Waals surface area contributed by atoms with Crippen LogP contribution >= 0.6 is 0 Å². The molecule has 0 saturated carbocycles. The largest absolute Gasteiger partial charge is 0.496 e. The molecule has 94 valence electrons. The lowest BCUT2D eigenvalue weighted by Gasteiger charge is -2.10. The quantitative estimate of drug-likeness (QED) is 0.906. The summed E-state index contributed by atoms with van der Waals surface area (Å²) >= 11 is 0. The second-order valence-corrected chi connectivity index (χ2v) is 3.82. The summed E-state index contributed by atoms with van der Waals surface area (Å²) < 4.78 is 31.3. The van der Waals surface area contributed by atoms with E-state index in [2.05, 4.69) is 0 Å². The van der Waals surface area contributed by atoms with E-state index in [0.717, 1.165) is 12.1 Å². The third-order valence-electron chi connectivity index (χ3n) is 2.68. The highest BCUT2D eigenvalue weighted by Gasteiger charge is 2.10. The molecular formula is C14H12F2O2. The fraction of sp³-hybridized carbons (Fsp3) is 0.143. The Labute approximate surface area is 103 Å². The van der Waals surface area contributed by atoms with Gasteiger partial charge in [0.05, 0.1) is 13.7 Å². The minimum absolute atomic E-state index is 0.124. The summed E-state index contributed by atoms with van der Waals surface area (Å²) in [6, 6.07) is 8.72. The number of ether oxygens (including phenoxy) is 1. The third kappa shape index (κ3) is 2.33. The van der Waals surface area contributed by atoms with Gasteiger partial charge in [0.1, 0.15) is 5.75 Å². The monoisotopic (exact) mass is 250 g/mol. The molecule has 0 aliphatic carbocycles. The SMILES string of the molecule is COc1ccc(CO)cc1-c1ccc(F)c(F)c1. The van der Waals surface area contributed by atoms with Crippen LogP contribution in [0.25, 0.3) is 11.1 Å². The minimum Gasteiger partial charge on any atom is -0.496 e. The topological polar surface area (TPSA) is 29.5 Å². The van der Waals surface area contributed by atoms with Crippen molar-refractivity contribution >= 4 is 0 Å². The van der Waals surface area contributed by atoms with Crippen LogP contribution in [0.4, 0.5) is 8.78 Å². The predicted molar refractivity (Wildman–Crippen MR) is 64.3 cm³/mol. The number of hydrogen-bond donors (Lipinski definition) is 1. The maximum atomic E-state index is 13.2. The first-order valence-electron chi connectivity index (χ1n) is 5.39. The molecule has 0 spiro atoms. The van der Waals surface area contributed by atoms with E-state index in [-0.39, 0.29) is 6.61 Å². The molecule has 18 heavy (non-hydrogen) atoms. The highest BCUT2D eigenvalue weighted by molar-refractivity contribution is 5.71. The summed E-state index contributed by atoms with van der Waals surface area (Å²) in [6.45, 7) is -0.124. The lowest BCUT2D eigenvalue weighted by molar-refractivity contribution is 0.281. The van der Waals surface area contributed by atoms with E-state index >= 15 is 0 Å². The molecule has 4 heteroatoms. The Morgan fingerprint density at radius 2 is 1.83 bits per heavy atom. The van der Waals surface area contributed by atoms with Crippen molar-refractivity contribution in [2.45, 2.75) is 6.61 Å². The molecule has 0 radical (unpaired) electrons. The van der Waals surface area contributed by atoms with E-state index in [1.807, 2.05) is 0 Å². The number of rotatable bonds is 3. The van der Waals surface area contributed by atoms with Gasteiger partial charge in [-0.05, 0) is 35.4 Å². The molecule has 0 heterocycles. The summed E-state index contributed by atoms with van der Waals surface area (Å²) in [4.78, 5) is 0. The Kier molecular flexibility index (Phi) is 3.58. The van der Waals surface area contributed by atoms with Crippen LogP contribution in [0.3, 0.4) is 0 Å². The van der Waals surface area contributed by atoms with Gasteiger partial charge in [-0.2, -0.15) is 0 Å². The van der Waals surface area contributed by atoms with Crippen molar-refractivity contribution in [3.8, 4) is 16.9 Å². The van der Waals surface area contributed by atoms with E-state index in [4.69, 9.17) is 9.84 Å². The molecule has 0 aliphatic heterocycles. The summed E-state index contributed by atoms with van der Waals surface area (Å²) in [5, 5.41) is 9.10. The summed E-state index contributed by atoms with van der Waals surface area (Å²) in [5.74, 6) is -1.27. The molecule has 0 aliphatic rings. The number of methoxy groups -OCH3 is 1. The Bertz CT molecular complexity index is 568. The fourth-order valence-electron chi connectivity index (χ4n) is 1.74. The average Bonchev–Trinajstić information content (AvgIpc) is 2.41. The molecule has 0 fully saturated rings. The Morgan fingerprint density at radius 1 is 1.06 bits per heavy atom. The Hall–Kier alpha value is -1.94. The van der Waals surface area contributed by atoms with Crippen LogP contribution in [0, 0.1) is 11.6 Å². The molecule has 2 aromatic carbocycles. The van der Waals surface area contributed by atoms with Gasteiger partial charge in [-0.25, -0.2) is 8.78 Å². The van der Waals surface area contributed by atoms with Crippen LogP contribution in [-0.2, 0) is 6.61 Å². The maximum Gasteiger partial charge on any atom is 0.159 e. The summed E-state index contributed by atoms with van der Waals surface area (Å²) in [5.41, 5.74) is 1.79. The molecule has 2 nitrogen and oxygen atoms in total. The van der Waals surface area contributed by atoms with Crippen LogP contribution < -0.4 is 4.74 Å². The van der Waals surface area contributed by atoms with Crippen LogP contribution in [0.2, 0.25) is 0 Å². The standard InChI is InChI=1S/C14H12F2O2/c1-18-14-5-2-9(8-17)6-11(14)10-3-4-12(15)13(16)7-10/h2-7,17H,8H2,1H3. The van der Waals surface area contributed by atoms with Crippen LogP contribution in [0.1, 0.15) is 5.56 Å². The van der Waals surface area contributed by atoms with Crippen molar-refractivity contribution in [3.05, 3.63) is 53.6 Å². The zero-order valence-electron chi connectivity index (χ0n) is 9.78. The van der Waals surface area contributed by atoms with Crippen molar-refractivity contribution in [1.29, 1.82) is 0 Å². The van der Waals surface area contributed by atoms with E-state index in [1.54, 1.807) is 18.2 Å². The molecule has 2 aromatic rings. The Morgan fingerprint density at radius 3 is 2.44 bits per heavy atom. The van der Waals surface area contributed by atoms with Crippen LogP contribution in [0.15, 0.2) is 36.4 Å². The van der Waals surface area contributed by atoms with E-state index in [1.165, 1.54) is 13.2 Å². The highest BCUT2D eigenvalue weighted by Crippen LogP contribution is 2.31. The van der Waals surface area contributed by atoms with Crippen molar-refractivity contribution in [2.75, 3.05) is 7.11 Å². The molecule has 0 atom stereocenters. The summed E-state index contributed by atoms with van der Waals surface area (Å²) in [6.07, 6.45) is 0. The molecule has 1 N–H and O–H groups in total. The molecular weight excluding hydrogens is 238 g/mol. The first kappa shape index (κ1) is 12.5. The molecule has 0 unspecified atom stereocenters. The third-order valence-corrected chi connectivity index (χ3v) is 2.68. The lowest BCUT2D eigenvalue weighted by Crippen LogP contribution is -1.92. The number of hydrogen-bond acceptors (Lipinski definition) is 2. The molecule has 0 amide bonds. The first-order valence-corrected chi connectivity index (χ1v) is 5.39. The normalized spacial score (nSPS) is 10.4. The Balaban J connectivity index is 2.57. The van der Waals surface area contributed by atoms with E-state index in [0.29, 0.717) is 22.4 Å². The second kappa shape index (κ2) is 5.14. The van der Waals surface area contributed by atoms with Gasteiger partial charge in [0.2, 0.25) is 0 Å². The average molecular weight is 250 g/mol. The molecule has 0 aromatic heterocycles. The predicted octanol–water partition coefficient (Wildman–Crippen LogP) is 3.13. The van der Waals surface area contributed by atoms with E-state index in [9.17, 15) is 8.78 Å². The number of halogens is 2. The van der Waals surface area contributed by atoms with Crippen molar-refractivity contribution in [3.63, 3.8) is 0 Å². The van der Waals surface area contributed by atoms with Gasteiger partial charge < -0.3 is 9.84 Å². The van der Waals surface area contributed by atoms with E-state index < -0.39 is 11.6 Å². The zero-order chi connectivity index (χ0) is 13.1. The van der Waals surface area contributed by atoms with Crippen molar-refractivity contribution in [2.24, 2.45) is 0 Å². The van der Waals surface area contributed by atoms with Crippen molar-refractivity contribution in [1.82, 2.24) is 0 Å². The van der Waals surface area contributed by atoms with Gasteiger partial charge >= 0.3 is 0 Å². The van der Waals surface area contributed by atoms with Crippen molar-refractivity contribution < 1.29 is 18.6 Å². The second-order valence-electron chi connectivity index (χ2n) is 3.82. The zero-order valence-corrected chi connectivity index (χ0v) is 9.78. The van der Waals surface area contributed by atoms with Gasteiger partial charge in [0.25, 0.3) is 0 Å². The first-order chi connectivity index (χ1) is 8.65. The highest BCUT2D eigenvalue weighted by atomic mass is 19.2. The van der Waals surface area contributed by atoms with Gasteiger partial charge in [0, 0.05) is 5.56 Å². The smallest absolute Gasteiger partial charge is 0.159 e. The van der Waals surface area contributed by atoms with Gasteiger partial charge in [-0.15, -0.1) is 0 Å². The van der Waals surface area contributed by atoms with Gasteiger partial charge in [-0.3, -0.25) is 0 Å². The summed E-state index contributed by atoms with van der Waals surface area (Å²) in [7, 11) is 1.50. The lowest BCUT2D eigenvalue weighted by atomic mass is 10.0. The minimum atomic E-state index is -0.913. The van der Waals surface area contributed by atoms with Crippen LogP contribution in [-0.4, -0.2) is 12.2 Å². The molecule has 0 bridgehead atoms.